The lowest BCUT2D eigenvalue weighted by atomic mass is 9.93. The maximum Gasteiger partial charge on any atom is 0.316 e. The zero-order chi connectivity index (χ0) is 13.8. The molecule has 1 unspecified atom stereocenters. The van der Waals surface area contributed by atoms with Gasteiger partial charge in [-0.25, -0.2) is 0 Å². The molecule has 0 amide bonds. The van der Waals surface area contributed by atoms with Gasteiger partial charge in [-0.2, -0.15) is 0 Å². The molecule has 102 valence electrons. The maximum atomic E-state index is 11.9. The molecule has 3 nitrogen and oxygen atoms in total. The average molecular weight is 252 g/mol. The highest BCUT2D eigenvalue weighted by Gasteiger charge is 2.25. The molecule has 0 rings (SSSR count). The summed E-state index contributed by atoms with van der Waals surface area (Å²) in [5.74, 6) is -1.01. The molecule has 0 saturated heterocycles. The first-order valence-electron chi connectivity index (χ1n) is 6.49. The first kappa shape index (κ1) is 16.6. The van der Waals surface area contributed by atoms with Crippen LogP contribution in [0.2, 0.25) is 0 Å². The second-order valence-corrected chi connectivity index (χ2v) is 4.30. The number of allylic oxidation sites excluding steroid dienone is 2. The number of ketones is 1. The molecular formula is C15H24O3. The van der Waals surface area contributed by atoms with Gasteiger partial charge in [0.2, 0.25) is 0 Å². The first-order valence-corrected chi connectivity index (χ1v) is 6.49. The van der Waals surface area contributed by atoms with Crippen LogP contribution in [0.5, 0.6) is 0 Å². The molecule has 0 aliphatic rings. The molecule has 0 spiro atoms. The van der Waals surface area contributed by atoms with Crippen molar-refractivity contribution >= 4 is 11.8 Å². The molecule has 0 bridgehead atoms. The lowest BCUT2D eigenvalue weighted by Crippen LogP contribution is -2.25. The molecule has 3 heteroatoms. The summed E-state index contributed by atoms with van der Waals surface area (Å²) >= 11 is 0. The molecular weight excluding hydrogens is 228 g/mol. The fourth-order valence-corrected chi connectivity index (χ4v) is 1.78. The Labute approximate surface area is 110 Å². The summed E-state index contributed by atoms with van der Waals surface area (Å²) < 4.78 is 4.70. The van der Waals surface area contributed by atoms with Crippen LogP contribution < -0.4 is 0 Å². The van der Waals surface area contributed by atoms with Crippen LogP contribution in [0.1, 0.15) is 44.9 Å². The number of methoxy groups -OCH3 is 1. The van der Waals surface area contributed by atoms with Gasteiger partial charge in [-0.05, 0) is 32.1 Å². The van der Waals surface area contributed by atoms with Crippen molar-refractivity contribution in [1.82, 2.24) is 0 Å². The van der Waals surface area contributed by atoms with E-state index >= 15 is 0 Å². The van der Waals surface area contributed by atoms with Gasteiger partial charge >= 0.3 is 5.97 Å². The van der Waals surface area contributed by atoms with Crippen molar-refractivity contribution < 1.29 is 14.3 Å². The molecule has 0 aliphatic carbocycles. The Morgan fingerprint density at radius 1 is 1.11 bits per heavy atom. The summed E-state index contributed by atoms with van der Waals surface area (Å²) in [5.41, 5.74) is 0. The van der Waals surface area contributed by atoms with Gasteiger partial charge < -0.3 is 4.74 Å². The number of carbonyl (C=O) groups excluding carboxylic acids is 2. The van der Waals surface area contributed by atoms with E-state index in [-0.39, 0.29) is 5.78 Å². The molecule has 0 aromatic heterocycles. The third kappa shape index (κ3) is 7.05. The number of unbranched alkanes of at least 4 members (excludes halogenated alkanes) is 3. The number of esters is 1. The van der Waals surface area contributed by atoms with Crippen LogP contribution in [0.15, 0.2) is 25.3 Å². The van der Waals surface area contributed by atoms with E-state index in [1.165, 1.54) is 7.11 Å². The number of ether oxygens (including phenoxy) is 1. The fraction of sp³-hybridized carbons (Fsp3) is 0.600. The second kappa shape index (κ2) is 10.8. The lowest BCUT2D eigenvalue weighted by molar-refractivity contribution is -0.149. The van der Waals surface area contributed by atoms with Crippen LogP contribution in [-0.2, 0) is 14.3 Å². The Kier molecular flexibility index (Phi) is 9.93. The van der Waals surface area contributed by atoms with Crippen LogP contribution in [0.3, 0.4) is 0 Å². The van der Waals surface area contributed by atoms with Crippen LogP contribution >= 0.6 is 0 Å². The van der Waals surface area contributed by atoms with Crippen LogP contribution in [0, 0.1) is 5.92 Å². The monoisotopic (exact) mass is 252 g/mol. The lowest BCUT2D eigenvalue weighted by Gasteiger charge is -2.13. The number of rotatable bonds is 11. The van der Waals surface area contributed by atoms with Crippen LogP contribution in [-0.4, -0.2) is 18.9 Å². The third-order valence-electron chi connectivity index (χ3n) is 2.86. The van der Waals surface area contributed by atoms with Gasteiger partial charge in [0, 0.05) is 6.42 Å². The zero-order valence-electron chi connectivity index (χ0n) is 11.3. The highest BCUT2D eigenvalue weighted by Crippen LogP contribution is 2.16. The molecule has 0 radical (unpaired) electrons. The van der Waals surface area contributed by atoms with E-state index in [2.05, 4.69) is 13.2 Å². The minimum Gasteiger partial charge on any atom is -0.468 e. The maximum absolute atomic E-state index is 11.9. The summed E-state index contributed by atoms with van der Waals surface area (Å²) in [6.07, 6.45) is 8.90. The van der Waals surface area contributed by atoms with E-state index in [1.54, 1.807) is 6.08 Å². The van der Waals surface area contributed by atoms with Crippen molar-refractivity contribution in [3.8, 4) is 0 Å². The Morgan fingerprint density at radius 2 is 1.72 bits per heavy atom. The second-order valence-electron chi connectivity index (χ2n) is 4.30. The Hall–Kier alpha value is -1.38. The van der Waals surface area contributed by atoms with Gasteiger partial charge in [0.1, 0.15) is 11.7 Å². The number of carbonyl (C=O) groups is 2. The molecule has 0 aromatic carbocycles. The Balaban J connectivity index is 4.19. The van der Waals surface area contributed by atoms with Crippen molar-refractivity contribution in [1.29, 1.82) is 0 Å². The molecule has 0 fully saturated rings. The van der Waals surface area contributed by atoms with E-state index in [9.17, 15) is 9.59 Å². The van der Waals surface area contributed by atoms with Gasteiger partial charge in [-0.1, -0.05) is 18.6 Å². The summed E-state index contributed by atoms with van der Waals surface area (Å²) in [7, 11) is 1.33. The van der Waals surface area contributed by atoms with Crippen molar-refractivity contribution in [2.45, 2.75) is 44.9 Å². The Bertz CT molecular complexity index is 281. The van der Waals surface area contributed by atoms with Crippen LogP contribution in [0.4, 0.5) is 0 Å². The highest BCUT2D eigenvalue weighted by molar-refractivity contribution is 5.98. The zero-order valence-corrected chi connectivity index (χ0v) is 11.3. The summed E-state index contributed by atoms with van der Waals surface area (Å²) in [6.45, 7) is 7.26. The predicted molar refractivity (Wildman–Crippen MR) is 73.2 cm³/mol. The molecule has 18 heavy (non-hydrogen) atoms. The van der Waals surface area contributed by atoms with E-state index in [0.717, 1.165) is 32.1 Å². The topological polar surface area (TPSA) is 43.4 Å². The van der Waals surface area contributed by atoms with E-state index in [0.29, 0.717) is 12.8 Å². The van der Waals surface area contributed by atoms with Gasteiger partial charge in [-0.3, -0.25) is 9.59 Å². The smallest absolute Gasteiger partial charge is 0.316 e. The van der Waals surface area contributed by atoms with Gasteiger partial charge in [-0.15, -0.1) is 13.2 Å². The number of hydrogen-bond acceptors (Lipinski definition) is 3. The highest BCUT2D eigenvalue weighted by atomic mass is 16.5. The van der Waals surface area contributed by atoms with Gasteiger partial charge in [0.05, 0.1) is 7.11 Å². The number of hydrogen-bond donors (Lipinski definition) is 0. The molecule has 0 heterocycles. The molecule has 0 saturated carbocycles. The Morgan fingerprint density at radius 3 is 2.28 bits per heavy atom. The quantitative estimate of drug-likeness (QED) is 0.245. The van der Waals surface area contributed by atoms with Crippen LogP contribution in [0.25, 0.3) is 0 Å². The molecule has 0 N–H and O–H groups in total. The van der Waals surface area contributed by atoms with E-state index < -0.39 is 11.9 Å². The molecule has 1 atom stereocenters. The minimum absolute atomic E-state index is 0.0118. The van der Waals surface area contributed by atoms with Gasteiger partial charge in [0.25, 0.3) is 0 Å². The minimum atomic E-state index is -0.593. The molecule has 0 aromatic rings. The fourth-order valence-electron chi connectivity index (χ4n) is 1.78. The van der Waals surface area contributed by atoms with E-state index in [1.807, 2.05) is 6.08 Å². The first-order chi connectivity index (χ1) is 8.67. The predicted octanol–water partition coefficient (Wildman–Crippen LogP) is 3.45. The van der Waals surface area contributed by atoms with Crippen molar-refractivity contribution in [2.24, 2.45) is 5.92 Å². The summed E-state index contributed by atoms with van der Waals surface area (Å²) in [6, 6.07) is 0. The summed E-state index contributed by atoms with van der Waals surface area (Å²) in [4.78, 5) is 23.5. The SMILES string of the molecule is C=CCCCCC(C(=O)CCCC=C)C(=O)OC. The van der Waals surface area contributed by atoms with Crippen molar-refractivity contribution in [2.75, 3.05) is 7.11 Å². The van der Waals surface area contributed by atoms with Gasteiger partial charge in [0.15, 0.2) is 0 Å². The standard InChI is InChI=1S/C15H24O3/c1-4-6-8-10-11-13(15(17)18-3)14(16)12-9-7-5-2/h4-5,13H,1-2,6-12H2,3H3. The number of Topliss-reactive ketones (excluding diaryl/α,β-unsaturated/α-hetero) is 1. The van der Waals surface area contributed by atoms with Crippen molar-refractivity contribution in [3.05, 3.63) is 25.3 Å². The normalized spacial score (nSPS) is 11.6. The van der Waals surface area contributed by atoms with E-state index in [4.69, 9.17) is 4.74 Å². The van der Waals surface area contributed by atoms with Crippen molar-refractivity contribution in [3.63, 3.8) is 0 Å². The third-order valence-corrected chi connectivity index (χ3v) is 2.86. The largest absolute Gasteiger partial charge is 0.468 e. The molecule has 0 aliphatic heterocycles. The average Bonchev–Trinajstić information content (AvgIpc) is 2.38. The summed E-state index contributed by atoms with van der Waals surface area (Å²) in [5, 5.41) is 0.